The number of hydrogen-bond donors (Lipinski definition) is 2. The van der Waals surface area contributed by atoms with Gasteiger partial charge in [0, 0.05) is 5.69 Å². The van der Waals surface area contributed by atoms with E-state index >= 15 is 0 Å². The van der Waals surface area contributed by atoms with Crippen molar-refractivity contribution in [3.05, 3.63) is 23.2 Å². The molecule has 0 aliphatic heterocycles. The van der Waals surface area contributed by atoms with Gasteiger partial charge in [-0.25, -0.2) is 0 Å². The Morgan fingerprint density at radius 1 is 1.33 bits per heavy atom. The average molecular weight is 311 g/mol. The quantitative estimate of drug-likeness (QED) is 0.653. The van der Waals surface area contributed by atoms with Gasteiger partial charge < -0.3 is 15.8 Å². The number of benzene rings is 1. The molecule has 0 radical (unpaired) electrons. The predicted octanol–water partition coefficient (Wildman–Crippen LogP) is 3.99. The van der Waals surface area contributed by atoms with Crippen LogP contribution in [0.15, 0.2) is 18.2 Å². The van der Waals surface area contributed by atoms with E-state index in [4.69, 9.17) is 22.1 Å². The zero-order chi connectivity index (χ0) is 15.2. The highest BCUT2D eigenvalue weighted by Crippen LogP contribution is 2.25. The largest absolute Gasteiger partial charge is 0.399 e. The maximum atomic E-state index is 12.2. The van der Waals surface area contributed by atoms with Crippen LogP contribution >= 0.6 is 11.6 Å². The minimum Gasteiger partial charge on any atom is -0.399 e. The molecule has 5 heteroatoms. The molecule has 1 aliphatic rings. The van der Waals surface area contributed by atoms with Gasteiger partial charge in [0.25, 0.3) is 5.91 Å². The average Bonchev–Trinajstić information content (AvgIpc) is 2.70. The molecule has 1 aliphatic carbocycles. The highest BCUT2D eigenvalue weighted by molar-refractivity contribution is 6.34. The van der Waals surface area contributed by atoms with Crippen LogP contribution in [0.1, 0.15) is 45.4 Å². The second-order valence-corrected chi connectivity index (χ2v) is 6.03. The van der Waals surface area contributed by atoms with Crippen molar-refractivity contribution in [3.8, 4) is 0 Å². The lowest BCUT2D eigenvalue weighted by Crippen LogP contribution is -2.31. The Morgan fingerprint density at radius 2 is 2.00 bits per heavy atom. The van der Waals surface area contributed by atoms with Gasteiger partial charge in [-0.3, -0.25) is 4.79 Å². The lowest BCUT2D eigenvalue weighted by molar-refractivity contribution is -0.130. The number of amides is 1. The zero-order valence-corrected chi connectivity index (χ0v) is 13.2. The molecule has 1 amide bonds. The molecule has 21 heavy (non-hydrogen) atoms. The van der Waals surface area contributed by atoms with Crippen molar-refractivity contribution >= 4 is 28.9 Å². The topological polar surface area (TPSA) is 64.3 Å². The molecular weight excluding hydrogens is 288 g/mol. The van der Waals surface area contributed by atoms with E-state index in [1.807, 2.05) is 0 Å². The maximum absolute atomic E-state index is 12.2. The summed E-state index contributed by atoms with van der Waals surface area (Å²) in [5.41, 5.74) is 6.77. The van der Waals surface area contributed by atoms with Crippen LogP contribution in [0, 0.1) is 0 Å². The highest BCUT2D eigenvalue weighted by Gasteiger charge is 2.21. The third-order valence-electron chi connectivity index (χ3n) is 3.82. The van der Waals surface area contributed by atoms with Crippen LogP contribution in [-0.4, -0.2) is 18.1 Å². The van der Waals surface area contributed by atoms with Crippen LogP contribution in [0.2, 0.25) is 5.02 Å². The van der Waals surface area contributed by atoms with Crippen molar-refractivity contribution in [2.45, 2.75) is 57.7 Å². The molecule has 116 valence electrons. The van der Waals surface area contributed by atoms with E-state index in [9.17, 15) is 4.79 Å². The summed E-state index contributed by atoms with van der Waals surface area (Å²) in [5.74, 6) is -0.175. The number of ether oxygens (including phenoxy) is 1. The smallest absolute Gasteiger partial charge is 0.253 e. The lowest BCUT2D eigenvalue weighted by atomic mass is 10.1. The van der Waals surface area contributed by atoms with E-state index < -0.39 is 6.10 Å². The first kappa shape index (κ1) is 16.1. The van der Waals surface area contributed by atoms with E-state index in [0.29, 0.717) is 16.4 Å². The van der Waals surface area contributed by atoms with Crippen LogP contribution < -0.4 is 11.1 Å². The highest BCUT2D eigenvalue weighted by atomic mass is 35.5. The first-order valence-corrected chi connectivity index (χ1v) is 7.95. The third-order valence-corrected chi connectivity index (χ3v) is 4.13. The molecule has 0 bridgehead atoms. The van der Waals surface area contributed by atoms with Crippen molar-refractivity contribution < 1.29 is 9.53 Å². The summed E-state index contributed by atoms with van der Waals surface area (Å²) in [6.45, 7) is 1.78. The molecule has 2 rings (SSSR count). The van der Waals surface area contributed by atoms with Crippen LogP contribution in [0.5, 0.6) is 0 Å². The number of anilines is 2. The first-order chi connectivity index (χ1) is 10.1. The number of carbonyl (C=O) groups is 1. The van der Waals surface area contributed by atoms with Crippen molar-refractivity contribution in [2.75, 3.05) is 11.1 Å². The molecule has 3 N–H and O–H groups in total. The number of halogens is 1. The van der Waals surface area contributed by atoms with Crippen LogP contribution in [-0.2, 0) is 9.53 Å². The van der Waals surface area contributed by atoms with Gasteiger partial charge in [-0.2, -0.15) is 0 Å². The predicted molar refractivity (Wildman–Crippen MR) is 86.5 cm³/mol. The molecular formula is C16H23ClN2O2. The van der Waals surface area contributed by atoms with Crippen LogP contribution in [0.3, 0.4) is 0 Å². The minimum absolute atomic E-state index is 0.175. The molecule has 1 unspecified atom stereocenters. The maximum Gasteiger partial charge on any atom is 0.253 e. The van der Waals surface area contributed by atoms with Crippen LogP contribution in [0.4, 0.5) is 11.4 Å². The number of nitrogen functional groups attached to an aromatic ring is 1. The number of rotatable bonds is 4. The summed E-state index contributed by atoms with van der Waals surface area (Å²) < 4.78 is 5.89. The fraction of sp³-hybridized carbons (Fsp3) is 0.562. The van der Waals surface area contributed by atoms with E-state index in [1.165, 1.54) is 25.7 Å². The number of hydrogen-bond acceptors (Lipinski definition) is 3. The molecule has 1 aromatic carbocycles. The molecule has 0 aromatic heterocycles. The fourth-order valence-corrected chi connectivity index (χ4v) is 2.83. The van der Waals surface area contributed by atoms with E-state index in [0.717, 1.165) is 12.8 Å². The lowest BCUT2D eigenvalue weighted by Gasteiger charge is -2.21. The molecule has 1 fully saturated rings. The summed E-state index contributed by atoms with van der Waals surface area (Å²) >= 11 is 6.06. The van der Waals surface area contributed by atoms with Crippen molar-refractivity contribution in [1.82, 2.24) is 0 Å². The van der Waals surface area contributed by atoms with Gasteiger partial charge in [-0.15, -0.1) is 0 Å². The van der Waals surface area contributed by atoms with Crippen LogP contribution in [0.25, 0.3) is 0 Å². The van der Waals surface area contributed by atoms with E-state index in [-0.39, 0.29) is 12.0 Å². The summed E-state index contributed by atoms with van der Waals surface area (Å²) in [4.78, 5) is 12.2. The molecule has 1 aromatic rings. The van der Waals surface area contributed by atoms with Gasteiger partial charge in [0.2, 0.25) is 0 Å². The summed E-state index contributed by atoms with van der Waals surface area (Å²) in [6, 6.07) is 5.03. The normalized spacial score (nSPS) is 18.0. The summed E-state index contributed by atoms with van der Waals surface area (Å²) in [7, 11) is 0. The Bertz CT molecular complexity index is 485. The Balaban J connectivity index is 1.89. The SMILES string of the molecule is CC(OC1CCCCCC1)C(=O)Nc1ccc(N)cc1Cl. The van der Waals surface area contributed by atoms with E-state index in [1.54, 1.807) is 25.1 Å². The van der Waals surface area contributed by atoms with E-state index in [2.05, 4.69) is 5.32 Å². The van der Waals surface area contributed by atoms with Crippen molar-refractivity contribution in [1.29, 1.82) is 0 Å². The molecule has 4 nitrogen and oxygen atoms in total. The van der Waals surface area contributed by atoms with Gasteiger partial charge in [0.1, 0.15) is 6.10 Å². The molecule has 0 heterocycles. The van der Waals surface area contributed by atoms with Gasteiger partial charge >= 0.3 is 0 Å². The Morgan fingerprint density at radius 3 is 2.62 bits per heavy atom. The fourth-order valence-electron chi connectivity index (χ4n) is 2.60. The van der Waals surface area contributed by atoms with Gasteiger partial charge in [0.05, 0.1) is 16.8 Å². The van der Waals surface area contributed by atoms with Crippen molar-refractivity contribution in [2.24, 2.45) is 0 Å². The monoisotopic (exact) mass is 310 g/mol. The summed E-state index contributed by atoms with van der Waals surface area (Å²) in [6.07, 6.45) is 6.69. The first-order valence-electron chi connectivity index (χ1n) is 7.57. The molecule has 1 saturated carbocycles. The molecule has 1 atom stereocenters. The standard InChI is InChI=1S/C16H23ClN2O2/c1-11(21-13-6-4-2-3-5-7-13)16(20)19-15-9-8-12(18)10-14(15)17/h8-11,13H,2-7,18H2,1H3,(H,19,20). The zero-order valence-electron chi connectivity index (χ0n) is 12.4. The number of carbonyl (C=O) groups excluding carboxylic acids is 1. The van der Waals surface area contributed by atoms with Gasteiger partial charge in [-0.1, -0.05) is 37.3 Å². The van der Waals surface area contributed by atoms with Crippen molar-refractivity contribution in [3.63, 3.8) is 0 Å². The third kappa shape index (κ3) is 4.90. The second kappa shape index (κ2) is 7.66. The Kier molecular flexibility index (Phi) is 5.88. The number of nitrogens with two attached hydrogens (primary N) is 1. The number of nitrogens with one attached hydrogen (secondary N) is 1. The Labute approximate surface area is 131 Å². The van der Waals surface area contributed by atoms with Gasteiger partial charge in [-0.05, 0) is 38.0 Å². The van der Waals surface area contributed by atoms with Gasteiger partial charge in [0.15, 0.2) is 0 Å². The minimum atomic E-state index is -0.485. The molecule has 0 saturated heterocycles. The second-order valence-electron chi connectivity index (χ2n) is 5.62. The Hall–Kier alpha value is -1.26. The molecule has 0 spiro atoms. The summed E-state index contributed by atoms with van der Waals surface area (Å²) in [5, 5.41) is 3.23.